The number of hydrogen-bond acceptors (Lipinski definition) is 13. The number of hydrogen-bond donors (Lipinski definition) is 2. The number of ether oxygens (including phenoxy) is 1. The van der Waals surface area contributed by atoms with Gasteiger partial charge in [0.05, 0.1) is 24.9 Å². The molecular formula is C60H86N8O6. The Hall–Kier alpha value is -6.41. The number of amides is 1. The lowest BCUT2D eigenvalue weighted by atomic mass is 10.00. The van der Waals surface area contributed by atoms with E-state index in [1.165, 1.54) is 30.9 Å². The topological polar surface area (TPSA) is 157 Å². The molecule has 1 amide bonds. The van der Waals surface area contributed by atoms with Crippen LogP contribution in [0.25, 0.3) is 6.08 Å². The number of Topliss-reactive ketones (excluding diaryl/α,β-unsaturated/α-hetero) is 2. The summed E-state index contributed by atoms with van der Waals surface area (Å²) in [5.41, 5.74) is 10.3. The molecule has 14 nitrogen and oxygen atoms in total. The Morgan fingerprint density at radius 1 is 0.878 bits per heavy atom. The van der Waals surface area contributed by atoms with E-state index in [-0.39, 0.29) is 28.9 Å². The summed E-state index contributed by atoms with van der Waals surface area (Å²) < 4.78 is 6.24. The van der Waals surface area contributed by atoms with Crippen LogP contribution in [0.4, 0.5) is 28.6 Å². The number of piperazine rings is 1. The van der Waals surface area contributed by atoms with Crippen molar-refractivity contribution < 1.29 is 28.7 Å². The fourth-order valence-electron chi connectivity index (χ4n) is 9.07. The SMILES string of the molecule is C=Cc1cc(N2CC(N3CCN(C(=O)Cc4ccc(Nc5cc6c(cn5)CCN(c5cnc(OCCC7CC7)c(NC(C)(C)C)c5C)C6)cc4)CC3)C2)ccc1C(C)=O.C=O.CC.CC.CC(=O)CCC(C)C=O. The van der Waals surface area contributed by atoms with Crippen LogP contribution >= 0.6 is 0 Å². The standard InChI is InChI=1S/C48H60N8O3.C7H12O2.2C2H6.CH2O/c1-7-36-25-40(14-15-42(36)33(3)57)56-30-41(31-56)53-19-21-54(22-20-53)45(58)24-35-10-12-39(13-11-35)51-44-26-38-29-55(18-16-37(38)27-49-44)43-28-50-47(59-23-17-34-8-9-34)46(32(43)2)52-48(4,5)6;1-6(5-8)3-4-7(2)9;3*1-2/h7,10-15,25-28,34,41,52H,1,8-9,16-24,29-31H2,2-6H3,(H,49,51);5-6H,3-4H2,1-2H3;2*1-2H3;1H2. The van der Waals surface area contributed by atoms with Crippen molar-refractivity contribution >= 4 is 65.2 Å². The summed E-state index contributed by atoms with van der Waals surface area (Å²) in [7, 11) is 0. The lowest BCUT2D eigenvalue weighted by molar-refractivity contribution is -0.132. The minimum Gasteiger partial charge on any atom is -0.476 e. The van der Waals surface area contributed by atoms with E-state index in [2.05, 4.69) is 71.7 Å². The van der Waals surface area contributed by atoms with Gasteiger partial charge in [0.15, 0.2) is 5.78 Å². The van der Waals surface area contributed by atoms with Crippen LogP contribution in [-0.2, 0) is 38.6 Å². The molecule has 3 aliphatic heterocycles. The zero-order valence-electron chi connectivity index (χ0n) is 46.5. The minimum absolute atomic E-state index is 0.0360. The fraction of sp³-hybridized carbons (Fsp3) is 0.517. The first-order chi connectivity index (χ1) is 35.6. The molecule has 1 aliphatic carbocycles. The quantitative estimate of drug-likeness (QED) is 0.0717. The Bertz CT molecular complexity index is 2450. The number of carbonyl (C=O) groups excluding carboxylic acids is 5. The molecule has 0 bridgehead atoms. The minimum atomic E-state index is -0.129. The molecule has 2 aromatic carbocycles. The summed E-state index contributed by atoms with van der Waals surface area (Å²) in [5.74, 6) is 2.74. The lowest BCUT2D eigenvalue weighted by Gasteiger charge is -2.49. The van der Waals surface area contributed by atoms with Gasteiger partial charge in [0.1, 0.15) is 30.4 Å². The summed E-state index contributed by atoms with van der Waals surface area (Å²) >= 11 is 0. The number of carbonyl (C=O) groups is 5. The molecule has 8 rings (SSSR count). The lowest BCUT2D eigenvalue weighted by Crippen LogP contribution is -2.63. The van der Waals surface area contributed by atoms with Gasteiger partial charge in [-0.2, -0.15) is 0 Å². The average Bonchev–Trinajstić information content (AvgIpc) is 4.23. The number of fused-ring (bicyclic) bond motifs is 1. The van der Waals surface area contributed by atoms with Gasteiger partial charge >= 0.3 is 0 Å². The molecule has 2 N–H and O–H groups in total. The second-order valence-electron chi connectivity index (χ2n) is 20.3. The van der Waals surface area contributed by atoms with E-state index in [0.29, 0.717) is 43.4 Å². The Balaban J connectivity index is 0.000000703. The van der Waals surface area contributed by atoms with Gasteiger partial charge in [-0.1, -0.05) is 72.2 Å². The van der Waals surface area contributed by atoms with Crippen LogP contribution in [0.15, 0.2) is 67.5 Å². The van der Waals surface area contributed by atoms with Gasteiger partial charge in [0.2, 0.25) is 11.8 Å². The zero-order valence-corrected chi connectivity index (χ0v) is 46.5. The maximum atomic E-state index is 13.3. The van der Waals surface area contributed by atoms with Crippen LogP contribution < -0.4 is 25.2 Å². The molecule has 14 heteroatoms. The third-order valence-electron chi connectivity index (χ3n) is 13.5. The molecule has 5 heterocycles. The second kappa shape index (κ2) is 29.5. The first kappa shape index (κ1) is 60.1. The highest BCUT2D eigenvalue weighted by molar-refractivity contribution is 5.98. The van der Waals surface area contributed by atoms with Gasteiger partial charge in [0.25, 0.3) is 0 Å². The monoisotopic (exact) mass is 1010 g/mol. The Morgan fingerprint density at radius 3 is 2.15 bits per heavy atom. The predicted octanol–water partition coefficient (Wildman–Crippen LogP) is 11.0. The van der Waals surface area contributed by atoms with Gasteiger partial charge in [-0.25, -0.2) is 9.97 Å². The number of aldehydes is 1. The zero-order chi connectivity index (χ0) is 54.5. The van der Waals surface area contributed by atoms with Crippen molar-refractivity contribution in [1.82, 2.24) is 19.8 Å². The van der Waals surface area contributed by atoms with E-state index in [1.807, 2.05) is 95.1 Å². The number of rotatable bonds is 18. The van der Waals surface area contributed by atoms with E-state index in [1.54, 1.807) is 13.0 Å². The summed E-state index contributed by atoms with van der Waals surface area (Å²) in [6.07, 6.45) is 12.9. The largest absolute Gasteiger partial charge is 0.476 e. The van der Waals surface area contributed by atoms with Crippen molar-refractivity contribution in [2.24, 2.45) is 11.8 Å². The van der Waals surface area contributed by atoms with E-state index in [9.17, 15) is 19.2 Å². The normalized spacial score (nSPS) is 15.5. The van der Waals surface area contributed by atoms with Crippen LogP contribution in [0.1, 0.15) is 140 Å². The van der Waals surface area contributed by atoms with Gasteiger partial charge in [-0.05, 0) is 125 Å². The number of benzene rings is 2. The van der Waals surface area contributed by atoms with Crippen molar-refractivity contribution in [3.63, 3.8) is 0 Å². The molecule has 2 aromatic heterocycles. The molecule has 74 heavy (non-hydrogen) atoms. The van der Waals surface area contributed by atoms with Crippen LogP contribution in [0.3, 0.4) is 0 Å². The highest BCUT2D eigenvalue weighted by atomic mass is 16.5. The number of nitrogens with zero attached hydrogens (tertiary/aromatic N) is 6. The average molecular weight is 1020 g/mol. The first-order valence-electron chi connectivity index (χ1n) is 26.8. The molecule has 4 aliphatic rings. The molecular weight excluding hydrogens is 929 g/mol. The number of aromatic nitrogens is 2. The molecule has 3 fully saturated rings. The molecule has 1 saturated carbocycles. The Morgan fingerprint density at radius 2 is 1.55 bits per heavy atom. The van der Waals surface area contributed by atoms with Gasteiger partial charge in [-0.15, -0.1) is 0 Å². The van der Waals surface area contributed by atoms with Crippen molar-refractivity contribution in [3.8, 4) is 5.88 Å². The highest BCUT2D eigenvalue weighted by Crippen LogP contribution is 2.38. The van der Waals surface area contributed by atoms with E-state index < -0.39 is 0 Å². The molecule has 402 valence electrons. The third kappa shape index (κ3) is 17.6. The molecule has 2 saturated heterocycles. The maximum Gasteiger partial charge on any atom is 0.237 e. The Labute approximate surface area is 442 Å². The van der Waals surface area contributed by atoms with Crippen LogP contribution in [0.5, 0.6) is 5.88 Å². The second-order valence-corrected chi connectivity index (χ2v) is 20.3. The van der Waals surface area contributed by atoms with Crippen LogP contribution in [0.2, 0.25) is 0 Å². The number of nitrogens with one attached hydrogen (secondary N) is 2. The van der Waals surface area contributed by atoms with E-state index >= 15 is 0 Å². The first-order valence-corrected chi connectivity index (χ1v) is 26.8. The van der Waals surface area contributed by atoms with Crippen LogP contribution in [-0.4, -0.2) is 114 Å². The maximum absolute atomic E-state index is 13.3. The third-order valence-corrected chi connectivity index (χ3v) is 13.5. The number of ketones is 2. The number of pyridine rings is 2. The molecule has 1 unspecified atom stereocenters. The van der Waals surface area contributed by atoms with Gasteiger partial charge in [0, 0.05) is 105 Å². The van der Waals surface area contributed by atoms with Crippen molar-refractivity contribution in [1.29, 1.82) is 0 Å². The molecule has 1 atom stereocenters. The van der Waals surface area contributed by atoms with E-state index in [4.69, 9.17) is 19.5 Å². The predicted molar refractivity (Wildman–Crippen MR) is 303 cm³/mol. The molecule has 0 radical (unpaired) electrons. The fourth-order valence-corrected chi connectivity index (χ4v) is 9.07. The summed E-state index contributed by atoms with van der Waals surface area (Å²) in [6, 6.07) is 16.8. The molecule has 0 spiro atoms. The van der Waals surface area contributed by atoms with E-state index in [0.717, 1.165) is 123 Å². The summed E-state index contributed by atoms with van der Waals surface area (Å²) in [6.45, 7) is 35.1. The van der Waals surface area contributed by atoms with Gasteiger partial charge in [-0.3, -0.25) is 14.5 Å². The highest BCUT2D eigenvalue weighted by Gasteiger charge is 2.35. The van der Waals surface area contributed by atoms with Crippen LogP contribution in [0, 0.1) is 18.8 Å². The smallest absolute Gasteiger partial charge is 0.237 e. The summed E-state index contributed by atoms with van der Waals surface area (Å²) in [5, 5.41) is 7.19. The summed E-state index contributed by atoms with van der Waals surface area (Å²) in [4.78, 5) is 72.5. The van der Waals surface area contributed by atoms with Crippen molar-refractivity contribution in [3.05, 3.63) is 101 Å². The Kier molecular flexibility index (Phi) is 24.0. The molecule has 4 aromatic rings. The van der Waals surface area contributed by atoms with Crippen molar-refractivity contribution in [2.75, 3.05) is 72.9 Å². The van der Waals surface area contributed by atoms with Crippen molar-refractivity contribution in [2.45, 2.75) is 139 Å². The number of anilines is 5. The van der Waals surface area contributed by atoms with Gasteiger partial charge < -0.3 is 44.5 Å².